The number of alkyl halides is 1. The SMILES string of the molecule is N#Cc1ccc(N2CC[C@@H](Nc3c(C(N)=O)cnn4cc(-c5ccc6ncccc6c5)cc34)[C@H](F)C2)nn1. The molecule has 1 saturated heterocycles. The number of nitriles is 1. The Bertz CT molecular complexity index is 1710. The van der Waals surface area contributed by atoms with E-state index in [1.54, 1.807) is 27.7 Å². The van der Waals surface area contributed by atoms with Gasteiger partial charge in [-0.05, 0) is 48.4 Å². The maximum absolute atomic E-state index is 15.4. The molecule has 0 unspecified atom stereocenters. The van der Waals surface area contributed by atoms with E-state index in [-0.39, 0.29) is 17.8 Å². The number of nitrogens with one attached hydrogen (secondary N) is 1. The van der Waals surface area contributed by atoms with Gasteiger partial charge in [0.15, 0.2) is 11.5 Å². The first kappa shape index (κ1) is 23.3. The molecule has 1 aliphatic heterocycles. The van der Waals surface area contributed by atoms with Crippen molar-refractivity contribution in [3.63, 3.8) is 0 Å². The van der Waals surface area contributed by atoms with Crippen molar-refractivity contribution < 1.29 is 9.18 Å². The summed E-state index contributed by atoms with van der Waals surface area (Å²) in [6.07, 6.45) is 4.20. The molecular weight excluding hydrogens is 485 g/mol. The number of carbonyl (C=O) groups is 1. The second kappa shape index (κ2) is 9.40. The van der Waals surface area contributed by atoms with Crippen molar-refractivity contribution in [1.29, 1.82) is 5.26 Å². The van der Waals surface area contributed by atoms with Gasteiger partial charge >= 0.3 is 0 Å². The summed E-state index contributed by atoms with van der Waals surface area (Å²) in [5, 5.41) is 25.4. The van der Waals surface area contributed by atoms with E-state index in [9.17, 15) is 4.79 Å². The number of primary amides is 1. The maximum Gasteiger partial charge on any atom is 0.252 e. The number of amides is 1. The summed E-state index contributed by atoms with van der Waals surface area (Å²) in [5.74, 6) is -0.140. The van der Waals surface area contributed by atoms with Crippen LogP contribution in [0.5, 0.6) is 0 Å². The lowest BCUT2D eigenvalue weighted by Gasteiger charge is -2.36. The van der Waals surface area contributed by atoms with Crippen molar-refractivity contribution in [2.24, 2.45) is 5.73 Å². The number of halogens is 1. The largest absolute Gasteiger partial charge is 0.377 e. The summed E-state index contributed by atoms with van der Waals surface area (Å²) in [6, 6.07) is 16.3. The third kappa shape index (κ3) is 4.22. The van der Waals surface area contributed by atoms with Crippen molar-refractivity contribution in [1.82, 2.24) is 24.8 Å². The second-order valence-electron chi connectivity index (χ2n) is 9.16. The number of fused-ring (bicyclic) bond motifs is 2. The molecule has 1 amide bonds. The predicted octanol–water partition coefficient (Wildman–Crippen LogP) is 3.34. The van der Waals surface area contributed by atoms with Crippen molar-refractivity contribution in [3.05, 3.63) is 78.4 Å². The van der Waals surface area contributed by atoms with Gasteiger partial charge in [0.2, 0.25) is 0 Å². The van der Waals surface area contributed by atoms with Gasteiger partial charge < -0.3 is 16.0 Å². The van der Waals surface area contributed by atoms with Gasteiger partial charge in [-0.2, -0.15) is 10.4 Å². The minimum absolute atomic E-state index is 0.0862. The van der Waals surface area contributed by atoms with E-state index in [0.717, 1.165) is 22.0 Å². The zero-order valence-electron chi connectivity index (χ0n) is 20.1. The third-order valence-electron chi connectivity index (χ3n) is 6.80. The third-order valence-corrected chi connectivity index (χ3v) is 6.80. The first-order valence-corrected chi connectivity index (χ1v) is 12.1. The Labute approximate surface area is 216 Å². The molecule has 4 aromatic heterocycles. The smallest absolute Gasteiger partial charge is 0.252 e. The summed E-state index contributed by atoms with van der Waals surface area (Å²) in [4.78, 5) is 18.4. The zero-order chi connectivity index (χ0) is 26.2. The lowest BCUT2D eigenvalue weighted by molar-refractivity contribution is 0.100. The van der Waals surface area contributed by atoms with Gasteiger partial charge in [-0.15, -0.1) is 10.2 Å². The minimum atomic E-state index is -1.27. The van der Waals surface area contributed by atoms with Crippen LogP contribution in [-0.2, 0) is 0 Å². The summed E-state index contributed by atoms with van der Waals surface area (Å²) in [7, 11) is 0. The topological polar surface area (TPSA) is 138 Å². The van der Waals surface area contributed by atoms with Crippen LogP contribution in [0.25, 0.3) is 27.5 Å². The molecule has 0 radical (unpaired) electrons. The van der Waals surface area contributed by atoms with E-state index in [1.807, 2.05) is 48.7 Å². The number of nitrogens with zero attached hydrogens (tertiary/aromatic N) is 7. The van der Waals surface area contributed by atoms with Crippen molar-refractivity contribution >= 4 is 33.8 Å². The highest BCUT2D eigenvalue weighted by atomic mass is 19.1. The van der Waals surface area contributed by atoms with Crippen LogP contribution < -0.4 is 16.0 Å². The number of aromatic nitrogens is 5. The fourth-order valence-electron chi connectivity index (χ4n) is 4.82. The lowest BCUT2D eigenvalue weighted by Crippen LogP contribution is -2.48. The van der Waals surface area contributed by atoms with Crippen LogP contribution in [-0.4, -0.2) is 56.0 Å². The lowest BCUT2D eigenvalue weighted by atomic mass is 10.0. The number of benzene rings is 1. The Kier molecular flexibility index (Phi) is 5.76. The van der Waals surface area contributed by atoms with Crippen molar-refractivity contribution in [3.8, 4) is 17.2 Å². The van der Waals surface area contributed by atoms with E-state index in [1.165, 1.54) is 6.20 Å². The molecular formula is C27H22FN9O. The molecule has 1 aromatic carbocycles. The van der Waals surface area contributed by atoms with Gasteiger partial charge in [-0.25, -0.2) is 8.91 Å². The Morgan fingerprint density at radius 3 is 2.82 bits per heavy atom. The Morgan fingerprint density at radius 2 is 2.05 bits per heavy atom. The fraction of sp³-hybridized carbons (Fsp3) is 0.185. The zero-order valence-corrected chi connectivity index (χ0v) is 20.1. The molecule has 38 heavy (non-hydrogen) atoms. The Hall–Kier alpha value is -5.11. The average molecular weight is 508 g/mol. The standard InChI is InChI=1S/C27H22FN9O/c28-21-15-36(25-6-4-19(12-29)34-35-25)9-7-23(21)33-26-20(27(30)38)13-32-37-14-18(11-24(26)37)16-3-5-22-17(10-16)2-1-8-31-22/h1-6,8,10-11,13-14,21,23,33H,7,9,15H2,(H2,30,38)/t21-,23-/m1/s1. The number of rotatable bonds is 5. The van der Waals surface area contributed by atoms with Crippen LogP contribution >= 0.6 is 0 Å². The van der Waals surface area contributed by atoms with Crippen LogP contribution in [0, 0.1) is 11.3 Å². The highest BCUT2D eigenvalue weighted by Gasteiger charge is 2.31. The van der Waals surface area contributed by atoms with Gasteiger partial charge in [0, 0.05) is 29.9 Å². The van der Waals surface area contributed by atoms with E-state index in [2.05, 4.69) is 25.6 Å². The number of anilines is 2. The number of piperidine rings is 1. The highest BCUT2D eigenvalue weighted by Crippen LogP contribution is 2.32. The van der Waals surface area contributed by atoms with Gasteiger partial charge in [-0.3, -0.25) is 9.78 Å². The van der Waals surface area contributed by atoms with E-state index in [4.69, 9.17) is 11.0 Å². The highest BCUT2D eigenvalue weighted by molar-refractivity contribution is 6.02. The molecule has 5 heterocycles. The van der Waals surface area contributed by atoms with Crippen molar-refractivity contribution in [2.45, 2.75) is 18.6 Å². The first-order valence-electron chi connectivity index (χ1n) is 12.1. The van der Waals surface area contributed by atoms with Gasteiger partial charge in [0.05, 0.1) is 41.1 Å². The summed E-state index contributed by atoms with van der Waals surface area (Å²) in [6.45, 7) is 0.603. The number of hydrogen-bond donors (Lipinski definition) is 2. The second-order valence-corrected chi connectivity index (χ2v) is 9.16. The molecule has 10 nitrogen and oxygen atoms in total. The molecule has 0 aliphatic carbocycles. The summed E-state index contributed by atoms with van der Waals surface area (Å²) >= 11 is 0. The fourth-order valence-corrected chi connectivity index (χ4v) is 4.82. The number of carbonyl (C=O) groups excluding carboxylic acids is 1. The maximum atomic E-state index is 15.4. The van der Waals surface area contributed by atoms with Crippen LogP contribution in [0.3, 0.4) is 0 Å². The Morgan fingerprint density at radius 1 is 1.16 bits per heavy atom. The van der Waals surface area contributed by atoms with Gasteiger partial charge in [0.1, 0.15) is 12.2 Å². The van der Waals surface area contributed by atoms with E-state index < -0.39 is 18.1 Å². The van der Waals surface area contributed by atoms with E-state index in [0.29, 0.717) is 30.0 Å². The average Bonchev–Trinajstić information content (AvgIpc) is 3.39. The number of pyridine rings is 1. The van der Waals surface area contributed by atoms with Crippen LogP contribution in [0.15, 0.2) is 67.1 Å². The molecule has 188 valence electrons. The van der Waals surface area contributed by atoms with Crippen LogP contribution in [0.4, 0.5) is 15.9 Å². The number of hydrogen-bond acceptors (Lipinski definition) is 8. The minimum Gasteiger partial charge on any atom is -0.377 e. The van der Waals surface area contributed by atoms with Crippen LogP contribution in [0.1, 0.15) is 22.5 Å². The quantitative estimate of drug-likeness (QED) is 0.369. The summed E-state index contributed by atoms with van der Waals surface area (Å²) in [5.41, 5.74) is 9.87. The summed E-state index contributed by atoms with van der Waals surface area (Å²) < 4.78 is 17.1. The Balaban J connectivity index is 1.30. The molecule has 2 atom stereocenters. The predicted molar refractivity (Wildman–Crippen MR) is 140 cm³/mol. The molecule has 3 N–H and O–H groups in total. The number of nitrogens with two attached hydrogens (primary N) is 1. The molecule has 11 heteroatoms. The first-order chi connectivity index (χ1) is 18.5. The molecule has 0 spiro atoms. The normalized spacial score (nSPS) is 17.4. The van der Waals surface area contributed by atoms with E-state index >= 15 is 4.39 Å². The molecule has 1 aliphatic rings. The molecule has 1 fully saturated rings. The van der Waals surface area contributed by atoms with Gasteiger partial charge in [0.25, 0.3) is 5.91 Å². The van der Waals surface area contributed by atoms with Crippen LogP contribution in [0.2, 0.25) is 0 Å². The monoisotopic (exact) mass is 507 g/mol. The molecule has 6 rings (SSSR count). The molecule has 5 aromatic rings. The van der Waals surface area contributed by atoms with Crippen molar-refractivity contribution in [2.75, 3.05) is 23.3 Å². The molecule has 0 saturated carbocycles. The van der Waals surface area contributed by atoms with Gasteiger partial charge in [-0.1, -0.05) is 12.1 Å². The molecule has 0 bridgehead atoms.